The van der Waals surface area contributed by atoms with Crippen LogP contribution < -0.4 is 0 Å². The topological polar surface area (TPSA) is 60.7 Å². The Hall–Kier alpha value is -1.06. The van der Waals surface area contributed by atoms with Gasteiger partial charge in [-0.3, -0.25) is 0 Å². The van der Waals surface area contributed by atoms with E-state index in [-0.39, 0.29) is 10.8 Å². The van der Waals surface area contributed by atoms with Gasteiger partial charge in [0.25, 0.3) is 0 Å². The first kappa shape index (κ1) is 14.3. The molecule has 1 aromatic carbocycles. The zero-order chi connectivity index (χ0) is 16.0. The molecule has 3 saturated carbocycles. The first-order valence-electron chi connectivity index (χ1n) is 9.14. The van der Waals surface area contributed by atoms with Crippen LogP contribution in [0.1, 0.15) is 62.5 Å². The number of phenolic OH excluding ortho intramolecular Hbond substituents is 1. The van der Waals surface area contributed by atoms with E-state index < -0.39 is 11.7 Å². The number of rotatable bonds is 0. The summed E-state index contributed by atoms with van der Waals surface area (Å²) >= 11 is 0. The average Bonchev–Trinajstić information content (AvgIpc) is 2.86. The van der Waals surface area contributed by atoms with Crippen LogP contribution in [0, 0.1) is 16.7 Å². The summed E-state index contributed by atoms with van der Waals surface area (Å²) in [5.41, 5.74) is 1.81. The number of benzene rings is 1. The van der Waals surface area contributed by atoms with E-state index >= 15 is 0 Å². The molecule has 4 aliphatic carbocycles. The van der Waals surface area contributed by atoms with Gasteiger partial charge in [0.05, 0.1) is 11.7 Å². The second-order valence-electron chi connectivity index (χ2n) is 8.81. The molecular formula is C20H26O3. The molecule has 0 saturated heterocycles. The van der Waals surface area contributed by atoms with E-state index in [1.54, 1.807) is 0 Å². The highest BCUT2D eigenvalue weighted by Crippen LogP contribution is 2.77. The number of hydrogen-bond donors (Lipinski definition) is 3. The van der Waals surface area contributed by atoms with Crippen molar-refractivity contribution in [1.82, 2.24) is 0 Å². The van der Waals surface area contributed by atoms with Crippen molar-refractivity contribution in [1.29, 1.82) is 0 Å². The monoisotopic (exact) mass is 314 g/mol. The molecule has 6 atom stereocenters. The van der Waals surface area contributed by atoms with Gasteiger partial charge in [0, 0.05) is 5.41 Å². The lowest BCUT2D eigenvalue weighted by atomic mass is 9.48. The van der Waals surface area contributed by atoms with Crippen molar-refractivity contribution >= 4 is 0 Å². The molecule has 3 nitrogen and oxygen atoms in total. The summed E-state index contributed by atoms with van der Waals surface area (Å²) in [6.07, 6.45) is 6.27. The molecule has 0 amide bonds. The number of aryl methyl sites for hydroxylation is 1. The number of aliphatic hydroxyl groups excluding tert-OH is 1. The fraction of sp³-hybridized carbons (Fsp3) is 0.700. The number of hydrogen-bond acceptors (Lipinski definition) is 3. The third kappa shape index (κ3) is 1.41. The maximum absolute atomic E-state index is 11.2. The second kappa shape index (κ2) is 4.12. The number of fused-ring (bicyclic) bond motifs is 3. The Morgan fingerprint density at radius 1 is 1.13 bits per heavy atom. The molecule has 0 spiro atoms. The van der Waals surface area contributed by atoms with Crippen LogP contribution in [0.15, 0.2) is 18.2 Å². The Labute approximate surface area is 137 Å². The number of aromatic hydroxyl groups is 1. The molecule has 4 aliphatic rings. The van der Waals surface area contributed by atoms with Crippen LogP contribution in [-0.2, 0) is 6.42 Å². The van der Waals surface area contributed by atoms with Crippen molar-refractivity contribution in [3.63, 3.8) is 0 Å². The Bertz CT molecular complexity index is 685. The van der Waals surface area contributed by atoms with Gasteiger partial charge in [0.15, 0.2) is 0 Å². The standard InChI is InChI=1S/C20H26O3/c1-18-7-6-15-14-4-3-13(21)10-12(14)2-5-16(15)19(18)8-9-20(18,23)17(22)11-19/h3-4,10,15-17,21-23H,2,5-9,11H2,1H3/t15-,16-,17+,18+,19?,20+/m1/s1. The molecular weight excluding hydrogens is 288 g/mol. The smallest absolute Gasteiger partial charge is 0.115 e. The Morgan fingerprint density at radius 3 is 2.74 bits per heavy atom. The van der Waals surface area contributed by atoms with E-state index in [9.17, 15) is 15.3 Å². The van der Waals surface area contributed by atoms with Crippen LogP contribution in [0.3, 0.4) is 0 Å². The maximum atomic E-state index is 11.2. The molecule has 0 aliphatic heterocycles. The highest BCUT2D eigenvalue weighted by Gasteiger charge is 2.76. The average molecular weight is 314 g/mol. The molecule has 1 aromatic rings. The summed E-state index contributed by atoms with van der Waals surface area (Å²) in [6, 6.07) is 5.87. The fourth-order valence-corrected chi connectivity index (χ4v) is 7.34. The normalized spacial score (nSPS) is 50.3. The van der Waals surface area contributed by atoms with E-state index in [2.05, 4.69) is 13.0 Å². The lowest BCUT2D eigenvalue weighted by Gasteiger charge is -2.56. The predicted molar refractivity (Wildman–Crippen MR) is 87.2 cm³/mol. The zero-order valence-corrected chi connectivity index (χ0v) is 13.8. The lowest BCUT2D eigenvalue weighted by molar-refractivity contribution is -0.129. The van der Waals surface area contributed by atoms with Crippen LogP contribution in [0.5, 0.6) is 5.75 Å². The third-order valence-corrected chi connectivity index (χ3v) is 8.52. The summed E-state index contributed by atoms with van der Waals surface area (Å²) in [5.74, 6) is 1.46. The maximum Gasteiger partial charge on any atom is 0.115 e. The van der Waals surface area contributed by atoms with Crippen molar-refractivity contribution in [3.8, 4) is 5.75 Å². The third-order valence-electron chi connectivity index (χ3n) is 8.52. The molecule has 0 aromatic heterocycles. The van der Waals surface area contributed by atoms with Crippen molar-refractivity contribution in [3.05, 3.63) is 29.3 Å². The summed E-state index contributed by atoms with van der Waals surface area (Å²) in [4.78, 5) is 0. The van der Waals surface area contributed by atoms with Crippen molar-refractivity contribution < 1.29 is 15.3 Å². The largest absolute Gasteiger partial charge is 0.508 e. The van der Waals surface area contributed by atoms with Crippen molar-refractivity contribution in [2.75, 3.05) is 0 Å². The Balaban J connectivity index is 1.63. The van der Waals surface area contributed by atoms with E-state index in [1.807, 2.05) is 12.1 Å². The van der Waals surface area contributed by atoms with Gasteiger partial charge in [0.2, 0.25) is 0 Å². The van der Waals surface area contributed by atoms with Crippen LogP contribution >= 0.6 is 0 Å². The predicted octanol–water partition coefficient (Wildman–Crippen LogP) is 3.11. The van der Waals surface area contributed by atoms with Gasteiger partial charge in [0.1, 0.15) is 5.75 Å². The van der Waals surface area contributed by atoms with E-state index in [1.165, 1.54) is 11.1 Å². The molecule has 3 N–H and O–H groups in total. The van der Waals surface area contributed by atoms with Crippen LogP contribution in [-0.4, -0.2) is 27.0 Å². The van der Waals surface area contributed by atoms with Crippen molar-refractivity contribution in [2.24, 2.45) is 16.7 Å². The number of aliphatic hydroxyl groups is 2. The SMILES string of the molecule is C[C@]12CC[C@@H]3c4ccc(O)cc4CC[C@H]3C13CC[C@]2(O)[C@@H](O)C3. The molecule has 2 bridgehead atoms. The van der Waals surface area contributed by atoms with E-state index in [0.29, 0.717) is 17.6 Å². The van der Waals surface area contributed by atoms with Gasteiger partial charge >= 0.3 is 0 Å². The number of phenols is 1. The molecule has 3 fully saturated rings. The van der Waals surface area contributed by atoms with Gasteiger partial charge in [-0.2, -0.15) is 0 Å². The molecule has 124 valence electrons. The van der Waals surface area contributed by atoms with E-state index in [4.69, 9.17) is 0 Å². The van der Waals surface area contributed by atoms with Crippen LogP contribution in [0.25, 0.3) is 0 Å². The Kier molecular flexibility index (Phi) is 2.56. The fourth-order valence-electron chi connectivity index (χ4n) is 7.34. The minimum atomic E-state index is -0.868. The van der Waals surface area contributed by atoms with Crippen LogP contribution in [0.2, 0.25) is 0 Å². The Morgan fingerprint density at radius 2 is 1.96 bits per heavy atom. The summed E-state index contributed by atoms with van der Waals surface area (Å²) in [5, 5.41) is 31.6. The quantitative estimate of drug-likeness (QED) is 0.689. The van der Waals surface area contributed by atoms with Crippen molar-refractivity contribution in [2.45, 2.75) is 69.5 Å². The van der Waals surface area contributed by atoms with Gasteiger partial charge in [-0.25, -0.2) is 0 Å². The highest BCUT2D eigenvalue weighted by atomic mass is 16.3. The molecule has 3 heteroatoms. The zero-order valence-electron chi connectivity index (χ0n) is 13.8. The van der Waals surface area contributed by atoms with Gasteiger partial charge in [-0.1, -0.05) is 13.0 Å². The lowest BCUT2D eigenvalue weighted by Crippen LogP contribution is -2.53. The second-order valence-corrected chi connectivity index (χ2v) is 8.81. The molecule has 1 unspecified atom stereocenters. The first-order chi connectivity index (χ1) is 10.9. The minimum Gasteiger partial charge on any atom is -0.508 e. The summed E-state index contributed by atoms with van der Waals surface area (Å²) < 4.78 is 0. The molecule has 5 rings (SSSR count). The van der Waals surface area contributed by atoms with Crippen LogP contribution in [0.4, 0.5) is 0 Å². The summed E-state index contributed by atoms with van der Waals surface area (Å²) in [7, 11) is 0. The van der Waals surface area contributed by atoms with Gasteiger partial charge in [-0.15, -0.1) is 0 Å². The molecule has 23 heavy (non-hydrogen) atoms. The molecule has 0 heterocycles. The van der Waals surface area contributed by atoms with E-state index in [0.717, 1.165) is 44.9 Å². The summed E-state index contributed by atoms with van der Waals surface area (Å²) in [6.45, 7) is 2.25. The molecule has 0 radical (unpaired) electrons. The highest BCUT2D eigenvalue weighted by molar-refractivity contribution is 5.41. The van der Waals surface area contributed by atoms with Gasteiger partial charge < -0.3 is 15.3 Å². The first-order valence-corrected chi connectivity index (χ1v) is 9.14. The van der Waals surface area contributed by atoms with Gasteiger partial charge in [-0.05, 0) is 85.5 Å². The minimum absolute atomic E-state index is 0.0969.